The third-order valence-electron chi connectivity index (χ3n) is 2.66. The summed E-state index contributed by atoms with van der Waals surface area (Å²) in [6.45, 7) is -0.00391. The Hall–Kier alpha value is -2.90. The van der Waals surface area contributed by atoms with E-state index in [4.69, 9.17) is 5.73 Å². The van der Waals surface area contributed by atoms with Gasteiger partial charge in [-0.15, -0.1) is 5.10 Å². The van der Waals surface area contributed by atoms with E-state index in [-0.39, 0.29) is 24.3 Å². The van der Waals surface area contributed by atoms with E-state index in [0.29, 0.717) is 11.3 Å². The maximum atomic E-state index is 11.9. The molecule has 8 nitrogen and oxygen atoms in total. The zero-order valence-corrected chi connectivity index (χ0v) is 11.8. The normalized spacial score (nSPS) is 10.2. The van der Waals surface area contributed by atoms with Crippen molar-refractivity contribution in [1.82, 2.24) is 19.7 Å². The van der Waals surface area contributed by atoms with Gasteiger partial charge in [0.25, 0.3) is 5.91 Å². The highest BCUT2D eigenvalue weighted by Gasteiger charge is 2.10. The van der Waals surface area contributed by atoms with Gasteiger partial charge in [0.2, 0.25) is 11.9 Å². The fourth-order valence-corrected chi connectivity index (χ4v) is 1.72. The molecule has 0 aliphatic heterocycles. The molecule has 2 aromatic rings. The van der Waals surface area contributed by atoms with E-state index < -0.39 is 0 Å². The van der Waals surface area contributed by atoms with Crippen LogP contribution in [0.15, 0.2) is 30.6 Å². The molecule has 1 aromatic carbocycles. The fraction of sp³-hybridized carbons (Fsp3) is 0.231. The average molecular weight is 288 g/mol. The Labute approximate surface area is 121 Å². The first kappa shape index (κ1) is 14.5. The topological polar surface area (TPSA) is 106 Å². The molecule has 8 heteroatoms. The molecule has 1 heterocycles. The number of nitrogens with zero attached hydrogens (tertiary/aromatic N) is 4. The van der Waals surface area contributed by atoms with Crippen LogP contribution in [0.3, 0.4) is 0 Å². The SMILES string of the molecule is CN(C)C(=O)c1cccc(NC(=O)Cn2cnc(N)n2)c1. The number of anilines is 2. The van der Waals surface area contributed by atoms with Gasteiger partial charge in [0.05, 0.1) is 0 Å². The molecule has 0 aliphatic carbocycles. The number of hydrogen-bond acceptors (Lipinski definition) is 5. The van der Waals surface area contributed by atoms with Crippen molar-refractivity contribution in [2.75, 3.05) is 25.1 Å². The third-order valence-corrected chi connectivity index (χ3v) is 2.66. The van der Waals surface area contributed by atoms with E-state index in [1.54, 1.807) is 38.4 Å². The monoisotopic (exact) mass is 288 g/mol. The quantitative estimate of drug-likeness (QED) is 0.836. The minimum absolute atomic E-state index is 0.00391. The van der Waals surface area contributed by atoms with E-state index >= 15 is 0 Å². The van der Waals surface area contributed by atoms with Crippen molar-refractivity contribution in [2.24, 2.45) is 0 Å². The Morgan fingerprint density at radius 1 is 1.38 bits per heavy atom. The predicted octanol–water partition coefficient (Wildman–Crippen LogP) is 0.201. The first-order valence-corrected chi connectivity index (χ1v) is 6.22. The number of nitrogen functional groups attached to an aromatic ring is 1. The number of amides is 2. The molecule has 21 heavy (non-hydrogen) atoms. The Morgan fingerprint density at radius 2 is 2.14 bits per heavy atom. The van der Waals surface area contributed by atoms with Gasteiger partial charge >= 0.3 is 0 Å². The molecule has 110 valence electrons. The molecule has 0 atom stereocenters. The minimum atomic E-state index is -0.283. The molecule has 3 N–H and O–H groups in total. The second-order valence-corrected chi connectivity index (χ2v) is 4.63. The van der Waals surface area contributed by atoms with Crippen LogP contribution >= 0.6 is 0 Å². The minimum Gasteiger partial charge on any atom is -0.367 e. The highest BCUT2D eigenvalue weighted by molar-refractivity contribution is 5.96. The van der Waals surface area contributed by atoms with Gasteiger partial charge in [-0.05, 0) is 18.2 Å². The Bertz CT molecular complexity index is 664. The maximum absolute atomic E-state index is 11.9. The molecule has 0 spiro atoms. The summed E-state index contributed by atoms with van der Waals surface area (Å²) in [7, 11) is 3.34. The molecule has 2 rings (SSSR count). The van der Waals surface area contributed by atoms with Crippen LogP contribution in [-0.2, 0) is 11.3 Å². The molecule has 0 aliphatic rings. The number of hydrogen-bond donors (Lipinski definition) is 2. The van der Waals surface area contributed by atoms with Crippen LogP contribution in [0.5, 0.6) is 0 Å². The largest absolute Gasteiger partial charge is 0.367 e. The zero-order chi connectivity index (χ0) is 15.4. The van der Waals surface area contributed by atoms with E-state index in [2.05, 4.69) is 15.4 Å². The van der Waals surface area contributed by atoms with Crippen LogP contribution in [-0.4, -0.2) is 45.6 Å². The first-order chi connectivity index (χ1) is 9.95. The second-order valence-electron chi connectivity index (χ2n) is 4.63. The van der Waals surface area contributed by atoms with Crippen LogP contribution in [0.25, 0.3) is 0 Å². The number of nitrogens with two attached hydrogens (primary N) is 1. The van der Waals surface area contributed by atoms with Crippen molar-refractivity contribution in [3.8, 4) is 0 Å². The van der Waals surface area contributed by atoms with Crippen molar-refractivity contribution in [3.63, 3.8) is 0 Å². The summed E-state index contributed by atoms with van der Waals surface area (Å²) < 4.78 is 1.33. The summed E-state index contributed by atoms with van der Waals surface area (Å²) >= 11 is 0. The molecule has 0 saturated heterocycles. The predicted molar refractivity (Wildman–Crippen MR) is 77.5 cm³/mol. The number of benzene rings is 1. The molecule has 0 fully saturated rings. The zero-order valence-electron chi connectivity index (χ0n) is 11.8. The van der Waals surface area contributed by atoms with Crippen molar-refractivity contribution in [1.29, 1.82) is 0 Å². The highest BCUT2D eigenvalue weighted by Crippen LogP contribution is 2.12. The average Bonchev–Trinajstić information content (AvgIpc) is 2.83. The van der Waals surface area contributed by atoms with Crippen LogP contribution in [0, 0.1) is 0 Å². The van der Waals surface area contributed by atoms with Gasteiger partial charge in [0.1, 0.15) is 12.9 Å². The number of rotatable bonds is 4. The van der Waals surface area contributed by atoms with Crippen LogP contribution in [0.1, 0.15) is 10.4 Å². The molecular weight excluding hydrogens is 272 g/mol. The smallest absolute Gasteiger partial charge is 0.253 e. The lowest BCUT2D eigenvalue weighted by Crippen LogP contribution is -2.22. The fourth-order valence-electron chi connectivity index (χ4n) is 1.72. The van der Waals surface area contributed by atoms with Crippen molar-refractivity contribution in [3.05, 3.63) is 36.2 Å². The molecular formula is C13H16N6O2. The molecule has 1 aromatic heterocycles. The van der Waals surface area contributed by atoms with E-state index in [0.717, 1.165) is 0 Å². The van der Waals surface area contributed by atoms with Crippen LogP contribution in [0.4, 0.5) is 11.6 Å². The summed E-state index contributed by atoms with van der Waals surface area (Å²) in [5, 5.41) is 6.52. The Kier molecular flexibility index (Phi) is 4.17. The van der Waals surface area contributed by atoms with Crippen LogP contribution < -0.4 is 11.1 Å². The molecule has 0 saturated carbocycles. The van der Waals surface area contributed by atoms with Gasteiger partial charge in [0.15, 0.2) is 0 Å². The van der Waals surface area contributed by atoms with E-state index in [1.807, 2.05) is 0 Å². The van der Waals surface area contributed by atoms with Gasteiger partial charge in [-0.1, -0.05) is 6.07 Å². The Balaban J connectivity index is 2.04. The lowest BCUT2D eigenvalue weighted by atomic mass is 10.2. The number of aromatic nitrogens is 3. The van der Waals surface area contributed by atoms with Crippen molar-refractivity contribution < 1.29 is 9.59 Å². The lowest BCUT2D eigenvalue weighted by Gasteiger charge is -2.11. The van der Waals surface area contributed by atoms with E-state index in [9.17, 15) is 9.59 Å². The summed E-state index contributed by atoms with van der Waals surface area (Å²) in [6.07, 6.45) is 1.38. The van der Waals surface area contributed by atoms with Gasteiger partial charge < -0.3 is 16.0 Å². The first-order valence-electron chi connectivity index (χ1n) is 6.22. The Morgan fingerprint density at radius 3 is 2.76 bits per heavy atom. The van der Waals surface area contributed by atoms with Gasteiger partial charge in [0, 0.05) is 25.3 Å². The van der Waals surface area contributed by atoms with Gasteiger partial charge in [-0.3, -0.25) is 9.59 Å². The number of carbonyl (C=O) groups excluding carboxylic acids is 2. The standard InChI is InChI=1S/C13H16N6O2/c1-18(2)12(21)9-4-3-5-10(6-9)16-11(20)7-19-8-15-13(14)17-19/h3-6,8H,7H2,1-2H3,(H2,14,17)(H,16,20). The summed E-state index contributed by atoms with van der Waals surface area (Å²) in [5.74, 6) is -0.300. The highest BCUT2D eigenvalue weighted by atomic mass is 16.2. The summed E-state index contributed by atoms with van der Waals surface area (Å²) in [4.78, 5) is 28.9. The number of carbonyl (C=O) groups is 2. The summed E-state index contributed by atoms with van der Waals surface area (Å²) in [6, 6.07) is 6.73. The third kappa shape index (κ3) is 3.78. The second kappa shape index (κ2) is 6.04. The molecule has 2 amide bonds. The number of nitrogens with one attached hydrogen (secondary N) is 1. The van der Waals surface area contributed by atoms with Gasteiger partial charge in [-0.25, -0.2) is 9.67 Å². The molecule has 0 unspecified atom stereocenters. The van der Waals surface area contributed by atoms with Gasteiger partial charge in [-0.2, -0.15) is 0 Å². The molecule has 0 radical (unpaired) electrons. The van der Waals surface area contributed by atoms with Crippen molar-refractivity contribution in [2.45, 2.75) is 6.54 Å². The maximum Gasteiger partial charge on any atom is 0.253 e. The van der Waals surface area contributed by atoms with Crippen LogP contribution in [0.2, 0.25) is 0 Å². The summed E-state index contributed by atoms with van der Waals surface area (Å²) in [5.41, 5.74) is 6.42. The van der Waals surface area contributed by atoms with Crippen molar-refractivity contribution >= 4 is 23.5 Å². The lowest BCUT2D eigenvalue weighted by molar-refractivity contribution is -0.116. The van der Waals surface area contributed by atoms with E-state index in [1.165, 1.54) is 15.9 Å². The molecule has 0 bridgehead atoms.